The molecule has 0 aromatic heterocycles. The summed E-state index contributed by atoms with van der Waals surface area (Å²) in [6, 6.07) is -0.0918. The van der Waals surface area contributed by atoms with Crippen molar-refractivity contribution in [1.29, 1.82) is 0 Å². The van der Waals surface area contributed by atoms with E-state index in [1.54, 1.807) is 7.05 Å². The first-order valence-corrected chi connectivity index (χ1v) is 5.60. The summed E-state index contributed by atoms with van der Waals surface area (Å²) in [5.74, 6) is 0. The van der Waals surface area contributed by atoms with Crippen molar-refractivity contribution in [3.05, 3.63) is 0 Å². The lowest BCUT2D eigenvalue weighted by Gasteiger charge is -2.33. The Bertz CT molecular complexity index is 250. The highest BCUT2D eigenvalue weighted by molar-refractivity contribution is 4.82. The molecule has 0 aliphatic heterocycles. The van der Waals surface area contributed by atoms with Crippen LogP contribution in [-0.4, -0.2) is 37.7 Å². The molecular formula is C10H15F6NO. The second-order valence-corrected chi connectivity index (χ2v) is 4.37. The third-order valence-corrected chi connectivity index (χ3v) is 2.96. The van der Waals surface area contributed by atoms with Crippen LogP contribution in [0.25, 0.3) is 0 Å². The molecule has 1 aliphatic rings. The van der Waals surface area contributed by atoms with E-state index in [-0.39, 0.29) is 18.9 Å². The van der Waals surface area contributed by atoms with Gasteiger partial charge in [-0.1, -0.05) is 0 Å². The van der Waals surface area contributed by atoms with E-state index in [1.807, 2.05) is 0 Å². The van der Waals surface area contributed by atoms with Crippen LogP contribution < -0.4 is 5.32 Å². The quantitative estimate of drug-likeness (QED) is 0.802. The van der Waals surface area contributed by atoms with Crippen molar-refractivity contribution in [2.45, 2.75) is 56.3 Å². The average Bonchev–Trinajstić information content (AvgIpc) is 2.23. The maximum atomic E-state index is 12.3. The van der Waals surface area contributed by atoms with Gasteiger partial charge in [-0.15, -0.1) is 0 Å². The van der Waals surface area contributed by atoms with E-state index in [9.17, 15) is 26.3 Å². The Morgan fingerprint density at radius 1 is 1.06 bits per heavy atom. The molecule has 1 saturated carbocycles. The highest BCUT2D eigenvalue weighted by Crippen LogP contribution is 2.38. The fourth-order valence-corrected chi connectivity index (χ4v) is 2.06. The van der Waals surface area contributed by atoms with Gasteiger partial charge >= 0.3 is 12.4 Å². The molecule has 2 atom stereocenters. The fourth-order valence-electron chi connectivity index (χ4n) is 2.06. The molecule has 0 heterocycles. The Hall–Kier alpha value is -0.500. The van der Waals surface area contributed by atoms with E-state index >= 15 is 0 Å². The van der Waals surface area contributed by atoms with Crippen LogP contribution in [0.5, 0.6) is 0 Å². The summed E-state index contributed by atoms with van der Waals surface area (Å²) in [5, 5.41) is 2.84. The van der Waals surface area contributed by atoms with E-state index in [0.29, 0.717) is 6.42 Å². The van der Waals surface area contributed by atoms with Crippen LogP contribution in [0, 0.1) is 0 Å². The Morgan fingerprint density at radius 3 is 2.06 bits per heavy atom. The molecule has 1 fully saturated rings. The van der Waals surface area contributed by atoms with Crippen molar-refractivity contribution >= 4 is 0 Å². The summed E-state index contributed by atoms with van der Waals surface area (Å²) in [5.41, 5.74) is 0. The lowest BCUT2D eigenvalue weighted by atomic mass is 9.93. The first kappa shape index (κ1) is 15.6. The van der Waals surface area contributed by atoms with Crippen molar-refractivity contribution in [3.8, 4) is 0 Å². The van der Waals surface area contributed by atoms with Gasteiger partial charge in [-0.3, -0.25) is 0 Å². The molecule has 108 valence electrons. The SMILES string of the molecule is CNC1CCCC(OC(C(F)(F)F)C(F)(F)F)C1. The zero-order valence-electron chi connectivity index (χ0n) is 9.74. The second-order valence-electron chi connectivity index (χ2n) is 4.37. The van der Waals surface area contributed by atoms with Crippen molar-refractivity contribution in [2.24, 2.45) is 0 Å². The number of hydrogen-bond acceptors (Lipinski definition) is 2. The molecule has 8 heteroatoms. The van der Waals surface area contributed by atoms with E-state index in [4.69, 9.17) is 0 Å². The third-order valence-electron chi connectivity index (χ3n) is 2.96. The van der Waals surface area contributed by atoms with Crippen molar-refractivity contribution in [2.75, 3.05) is 7.05 Å². The molecular weight excluding hydrogens is 264 g/mol. The molecule has 1 N–H and O–H groups in total. The van der Waals surface area contributed by atoms with Crippen LogP contribution in [-0.2, 0) is 4.74 Å². The minimum Gasteiger partial charge on any atom is -0.358 e. The van der Waals surface area contributed by atoms with Gasteiger partial charge in [0.2, 0.25) is 6.10 Å². The van der Waals surface area contributed by atoms with Crippen LogP contribution in [0.1, 0.15) is 25.7 Å². The van der Waals surface area contributed by atoms with Crippen LogP contribution in [0.2, 0.25) is 0 Å². The zero-order valence-corrected chi connectivity index (χ0v) is 9.74. The molecule has 0 amide bonds. The number of nitrogens with one attached hydrogen (secondary N) is 1. The van der Waals surface area contributed by atoms with Gasteiger partial charge in [-0.05, 0) is 32.7 Å². The number of ether oxygens (including phenoxy) is 1. The van der Waals surface area contributed by atoms with Gasteiger partial charge in [-0.25, -0.2) is 0 Å². The number of halogens is 6. The van der Waals surface area contributed by atoms with Crippen LogP contribution in [0.3, 0.4) is 0 Å². The third kappa shape index (κ3) is 4.31. The molecule has 2 unspecified atom stereocenters. The molecule has 0 saturated heterocycles. The molecule has 1 rings (SSSR count). The average molecular weight is 279 g/mol. The van der Waals surface area contributed by atoms with E-state index in [2.05, 4.69) is 10.1 Å². The monoisotopic (exact) mass is 279 g/mol. The molecule has 0 aromatic carbocycles. The maximum absolute atomic E-state index is 12.3. The van der Waals surface area contributed by atoms with E-state index in [0.717, 1.165) is 6.42 Å². The predicted octanol–water partition coefficient (Wildman–Crippen LogP) is 3.03. The van der Waals surface area contributed by atoms with Gasteiger partial charge in [-0.2, -0.15) is 26.3 Å². The smallest absolute Gasteiger partial charge is 0.358 e. The summed E-state index contributed by atoms with van der Waals surface area (Å²) >= 11 is 0. The fraction of sp³-hybridized carbons (Fsp3) is 1.00. The van der Waals surface area contributed by atoms with Crippen molar-refractivity contribution < 1.29 is 31.1 Å². The van der Waals surface area contributed by atoms with Gasteiger partial charge < -0.3 is 10.1 Å². The van der Waals surface area contributed by atoms with Gasteiger partial charge in [0.15, 0.2) is 0 Å². The Labute approximate surface area is 101 Å². The molecule has 0 aromatic rings. The standard InChI is InChI=1S/C10H15F6NO/c1-17-6-3-2-4-7(5-6)18-8(9(11,12)13)10(14,15)16/h6-8,17H,2-5H2,1H3. The Morgan fingerprint density at radius 2 is 1.61 bits per heavy atom. The van der Waals surface area contributed by atoms with Crippen LogP contribution in [0.15, 0.2) is 0 Å². The highest BCUT2D eigenvalue weighted by Gasteiger charge is 2.58. The Balaban J connectivity index is 2.67. The molecule has 0 bridgehead atoms. The van der Waals surface area contributed by atoms with Crippen molar-refractivity contribution in [3.63, 3.8) is 0 Å². The van der Waals surface area contributed by atoms with Gasteiger partial charge in [0.1, 0.15) is 0 Å². The van der Waals surface area contributed by atoms with Gasteiger partial charge in [0.05, 0.1) is 6.10 Å². The normalized spacial score (nSPS) is 26.7. The molecule has 0 radical (unpaired) electrons. The topological polar surface area (TPSA) is 21.3 Å². The number of hydrogen-bond donors (Lipinski definition) is 1. The first-order valence-electron chi connectivity index (χ1n) is 5.60. The number of rotatable bonds is 3. The highest BCUT2D eigenvalue weighted by atomic mass is 19.4. The minimum atomic E-state index is -5.43. The van der Waals surface area contributed by atoms with E-state index < -0.39 is 24.6 Å². The minimum absolute atomic E-state index is 0.0918. The first-order chi connectivity index (χ1) is 8.14. The summed E-state index contributed by atoms with van der Waals surface area (Å²) in [6.07, 6.45) is -13.9. The molecule has 0 spiro atoms. The van der Waals surface area contributed by atoms with E-state index in [1.165, 1.54) is 0 Å². The van der Waals surface area contributed by atoms with Crippen LogP contribution in [0.4, 0.5) is 26.3 Å². The second kappa shape index (κ2) is 5.64. The lowest BCUT2D eigenvalue weighted by molar-refractivity contribution is -0.332. The summed E-state index contributed by atoms with van der Waals surface area (Å²) in [7, 11) is 1.62. The van der Waals surface area contributed by atoms with Crippen LogP contribution >= 0.6 is 0 Å². The van der Waals surface area contributed by atoms with Gasteiger partial charge in [0.25, 0.3) is 0 Å². The van der Waals surface area contributed by atoms with Crippen molar-refractivity contribution in [1.82, 2.24) is 5.32 Å². The molecule has 2 nitrogen and oxygen atoms in total. The molecule has 1 aliphatic carbocycles. The Kier molecular flexibility index (Phi) is 4.88. The summed E-state index contributed by atoms with van der Waals surface area (Å²) in [6.45, 7) is 0. The lowest BCUT2D eigenvalue weighted by Crippen LogP contribution is -2.48. The largest absolute Gasteiger partial charge is 0.423 e. The zero-order chi connectivity index (χ0) is 14.0. The number of alkyl halides is 6. The molecule has 18 heavy (non-hydrogen) atoms. The predicted molar refractivity (Wildman–Crippen MR) is 52.1 cm³/mol. The van der Waals surface area contributed by atoms with Gasteiger partial charge in [0, 0.05) is 6.04 Å². The summed E-state index contributed by atoms with van der Waals surface area (Å²) < 4.78 is 78.0. The summed E-state index contributed by atoms with van der Waals surface area (Å²) in [4.78, 5) is 0. The maximum Gasteiger partial charge on any atom is 0.423 e.